The zero-order valence-electron chi connectivity index (χ0n) is 7.53. The number of rotatable bonds is 0. The highest BCUT2D eigenvalue weighted by Gasteiger charge is 2.31. The van der Waals surface area contributed by atoms with Gasteiger partial charge in [-0.05, 0) is 32.2 Å². The van der Waals surface area contributed by atoms with E-state index < -0.39 is 0 Å². The van der Waals surface area contributed by atoms with Crippen LogP contribution in [-0.2, 0) is 0 Å². The second kappa shape index (κ2) is 3.05. The number of hydrogen-bond donors (Lipinski definition) is 1. The molecule has 2 heterocycles. The van der Waals surface area contributed by atoms with Crippen molar-refractivity contribution in [2.75, 3.05) is 13.6 Å². The van der Waals surface area contributed by atoms with Gasteiger partial charge in [0.2, 0.25) is 0 Å². The van der Waals surface area contributed by atoms with Gasteiger partial charge in [-0.3, -0.25) is 0 Å². The third-order valence-electron chi connectivity index (χ3n) is 3.21. The van der Waals surface area contributed by atoms with Crippen molar-refractivity contribution in [2.45, 2.75) is 31.7 Å². The van der Waals surface area contributed by atoms with E-state index in [0.717, 1.165) is 24.5 Å². The third-order valence-corrected chi connectivity index (χ3v) is 3.21. The van der Waals surface area contributed by atoms with Crippen LogP contribution in [0.5, 0.6) is 0 Å². The van der Waals surface area contributed by atoms with Crippen molar-refractivity contribution in [3.63, 3.8) is 0 Å². The minimum Gasteiger partial charge on any atom is -0.411 e. The summed E-state index contributed by atoms with van der Waals surface area (Å²) < 4.78 is 0. The van der Waals surface area contributed by atoms with Crippen LogP contribution in [0.2, 0.25) is 0 Å². The lowest BCUT2D eigenvalue weighted by Gasteiger charge is -2.32. The van der Waals surface area contributed by atoms with E-state index in [4.69, 9.17) is 5.21 Å². The summed E-state index contributed by atoms with van der Waals surface area (Å²) in [6.45, 7) is 1.18. The summed E-state index contributed by atoms with van der Waals surface area (Å²) in [4.78, 5) is 2.41. The maximum atomic E-state index is 8.74. The van der Waals surface area contributed by atoms with Crippen molar-refractivity contribution in [2.24, 2.45) is 11.1 Å². The molecule has 0 aromatic heterocycles. The second-order valence-corrected chi connectivity index (χ2v) is 4.11. The van der Waals surface area contributed by atoms with E-state index in [1.807, 2.05) is 0 Å². The summed E-state index contributed by atoms with van der Waals surface area (Å²) in [6, 6.07) is 0.634. The fraction of sp³-hybridized carbons (Fsp3) is 0.889. The molecule has 2 bridgehead atoms. The number of hydrogen-bond acceptors (Lipinski definition) is 3. The first-order valence-corrected chi connectivity index (χ1v) is 4.69. The second-order valence-electron chi connectivity index (χ2n) is 4.11. The Kier molecular flexibility index (Phi) is 2.05. The van der Waals surface area contributed by atoms with E-state index in [0.29, 0.717) is 6.04 Å². The summed E-state index contributed by atoms with van der Waals surface area (Å²) in [5.74, 6) is 0.736. The van der Waals surface area contributed by atoms with Crippen LogP contribution in [-0.4, -0.2) is 35.5 Å². The summed E-state index contributed by atoms with van der Waals surface area (Å²) in [5.41, 5.74) is 1.01. The van der Waals surface area contributed by atoms with Crippen molar-refractivity contribution < 1.29 is 5.21 Å². The van der Waals surface area contributed by atoms with E-state index in [-0.39, 0.29) is 0 Å². The number of piperidine rings is 1. The SMILES string of the molecule is CN1C[C@H]2CC[C@@H]1C/C(=N\O)C2. The molecule has 68 valence electrons. The monoisotopic (exact) mass is 168 g/mol. The topological polar surface area (TPSA) is 35.8 Å². The van der Waals surface area contributed by atoms with Gasteiger partial charge in [-0.1, -0.05) is 5.16 Å². The van der Waals surface area contributed by atoms with Gasteiger partial charge in [0.25, 0.3) is 0 Å². The molecule has 1 N–H and O–H groups in total. The van der Waals surface area contributed by atoms with Crippen LogP contribution in [0.4, 0.5) is 0 Å². The van der Waals surface area contributed by atoms with Crippen molar-refractivity contribution in [3.8, 4) is 0 Å². The molecule has 3 aliphatic rings. The Morgan fingerprint density at radius 2 is 2.25 bits per heavy atom. The molecular weight excluding hydrogens is 152 g/mol. The molecule has 2 aliphatic heterocycles. The first kappa shape index (κ1) is 8.05. The molecule has 3 heteroatoms. The van der Waals surface area contributed by atoms with Gasteiger partial charge in [0.1, 0.15) is 0 Å². The molecule has 0 unspecified atom stereocenters. The van der Waals surface area contributed by atoms with E-state index in [1.165, 1.54) is 19.4 Å². The van der Waals surface area contributed by atoms with Gasteiger partial charge in [0.15, 0.2) is 0 Å². The van der Waals surface area contributed by atoms with Gasteiger partial charge < -0.3 is 10.1 Å². The predicted molar refractivity (Wildman–Crippen MR) is 47.6 cm³/mol. The average Bonchev–Trinajstić information content (AvgIpc) is 2.34. The fourth-order valence-corrected chi connectivity index (χ4v) is 2.49. The third kappa shape index (κ3) is 1.33. The molecule has 3 rings (SSSR count). The van der Waals surface area contributed by atoms with Gasteiger partial charge in [-0.25, -0.2) is 0 Å². The molecule has 0 spiro atoms. The maximum Gasteiger partial charge on any atom is 0.0589 e. The first-order valence-electron chi connectivity index (χ1n) is 4.69. The standard InChI is InChI=1S/C9H16N2O/c1-11-6-7-2-3-9(11)5-8(4-7)10-12/h7,9,12H,2-6H2,1H3/b10-8-/t7-,9+/m0/s1. The molecule has 0 amide bonds. The van der Waals surface area contributed by atoms with Crippen LogP contribution in [0.1, 0.15) is 25.7 Å². The number of nitrogens with zero attached hydrogens (tertiary/aromatic N) is 2. The molecule has 2 atom stereocenters. The lowest BCUT2D eigenvalue weighted by molar-refractivity contribution is 0.158. The molecular formula is C9H16N2O. The number of oxime groups is 1. The Labute approximate surface area is 73.1 Å². The van der Waals surface area contributed by atoms with E-state index >= 15 is 0 Å². The smallest absolute Gasteiger partial charge is 0.0589 e. The largest absolute Gasteiger partial charge is 0.411 e. The normalized spacial score (nSPS) is 40.2. The molecule has 1 saturated carbocycles. The zero-order chi connectivity index (χ0) is 8.55. The highest BCUT2D eigenvalue weighted by atomic mass is 16.4. The van der Waals surface area contributed by atoms with Crippen molar-refractivity contribution >= 4 is 5.71 Å². The van der Waals surface area contributed by atoms with E-state index in [9.17, 15) is 0 Å². The summed E-state index contributed by atoms with van der Waals surface area (Å²) >= 11 is 0. The minimum absolute atomic E-state index is 0.634. The van der Waals surface area contributed by atoms with Crippen LogP contribution in [0.3, 0.4) is 0 Å². The quantitative estimate of drug-likeness (QED) is 0.437. The Morgan fingerprint density at radius 1 is 1.42 bits per heavy atom. The highest BCUT2D eigenvalue weighted by Crippen LogP contribution is 2.30. The van der Waals surface area contributed by atoms with Gasteiger partial charge in [0, 0.05) is 19.0 Å². The maximum absolute atomic E-state index is 8.74. The molecule has 1 aliphatic carbocycles. The Hall–Kier alpha value is -0.570. The van der Waals surface area contributed by atoms with Crippen LogP contribution >= 0.6 is 0 Å². The summed E-state index contributed by atoms with van der Waals surface area (Å²) in [5, 5.41) is 12.1. The molecule has 0 aromatic carbocycles. The first-order chi connectivity index (χ1) is 5.79. The van der Waals surface area contributed by atoms with Gasteiger partial charge in [-0.15, -0.1) is 0 Å². The summed E-state index contributed by atoms with van der Waals surface area (Å²) in [7, 11) is 2.18. The molecule has 3 fully saturated rings. The van der Waals surface area contributed by atoms with Gasteiger partial charge in [0.05, 0.1) is 5.71 Å². The average molecular weight is 168 g/mol. The Balaban J connectivity index is 2.16. The van der Waals surface area contributed by atoms with Crippen LogP contribution in [0.15, 0.2) is 5.16 Å². The van der Waals surface area contributed by atoms with Crippen molar-refractivity contribution in [3.05, 3.63) is 0 Å². The summed E-state index contributed by atoms with van der Waals surface area (Å²) in [6.07, 6.45) is 4.58. The lowest BCUT2D eigenvalue weighted by atomic mass is 9.95. The molecule has 12 heavy (non-hydrogen) atoms. The molecule has 0 aromatic rings. The molecule has 2 saturated heterocycles. The van der Waals surface area contributed by atoms with Crippen LogP contribution in [0.25, 0.3) is 0 Å². The molecule has 3 nitrogen and oxygen atoms in total. The van der Waals surface area contributed by atoms with Crippen LogP contribution < -0.4 is 0 Å². The van der Waals surface area contributed by atoms with Gasteiger partial charge >= 0.3 is 0 Å². The van der Waals surface area contributed by atoms with Crippen molar-refractivity contribution in [1.29, 1.82) is 0 Å². The number of fused-ring (bicyclic) bond motifs is 4. The minimum atomic E-state index is 0.634. The van der Waals surface area contributed by atoms with E-state index in [2.05, 4.69) is 17.1 Å². The van der Waals surface area contributed by atoms with Crippen molar-refractivity contribution in [1.82, 2.24) is 4.90 Å². The Morgan fingerprint density at radius 3 is 2.92 bits per heavy atom. The van der Waals surface area contributed by atoms with Gasteiger partial charge in [-0.2, -0.15) is 0 Å². The Bertz CT molecular complexity index is 203. The predicted octanol–water partition coefficient (Wildman–Crippen LogP) is 1.32. The van der Waals surface area contributed by atoms with Crippen LogP contribution in [0, 0.1) is 5.92 Å². The van der Waals surface area contributed by atoms with E-state index in [1.54, 1.807) is 0 Å². The highest BCUT2D eigenvalue weighted by molar-refractivity contribution is 5.85. The fourth-order valence-electron chi connectivity index (χ4n) is 2.49. The zero-order valence-corrected chi connectivity index (χ0v) is 7.53. The lowest BCUT2D eigenvalue weighted by Crippen LogP contribution is -2.37. The molecule has 0 radical (unpaired) electrons.